The number of hydrogen-bond donors (Lipinski definition) is 1. The second-order valence-electron chi connectivity index (χ2n) is 9.04. The van der Waals surface area contributed by atoms with Gasteiger partial charge in [-0.05, 0) is 69.8 Å². The third-order valence-corrected chi connectivity index (χ3v) is 6.70. The molecular formula is C25H35N5O. The van der Waals surface area contributed by atoms with Gasteiger partial charge in [-0.1, -0.05) is 18.2 Å². The first-order valence-electron chi connectivity index (χ1n) is 11.3. The van der Waals surface area contributed by atoms with E-state index in [0.717, 1.165) is 45.0 Å². The number of rotatable bonds is 4. The first kappa shape index (κ1) is 21.5. The lowest BCUT2D eigenvalue weighted by atomic mass is 10.1. The summed E-state index contributed by atoms with van der Waals surface area (Å²) < 4.78 is 0. The van der Waals surface area contributed by atoms with Crippen LogP contribution in [0, 0.1) is 13.8 Å². The first-order chi connectivity index (χ1) is 14.9. The maximum Gasteiger partial charge on any atom is 0.321 e. The van der Waals surface area contributed by atoms with Gasteiger partial charge in [-0.25, -0.2) is 4.79 Å². The Hall–Kier alpha value is -2.73. The topological polar surface area (TPSA) is 42.1 Å². The minimum absolute atomic E-state index is 0.0113. The van der Waals surface area contributed by atoms with E-state index in [4.69, 9.17) is 0 Å². The molecule has 2 heterocycles. The molecular weight excluding hydrogens is 386 g/mol. The summed E-state index contributed by atoms with van der Waals surface area (Å²) in [5, 5.41) is 3.08. The van der Waals surface area contributed by atoms with Crippen molar-refractivity contribution in [2.24, 2.45) is 0 Å². The molecule has 0 aromatic heterocycles. The molecule has 166 valence electrons. The van der Waals surface area contributed by atoms with Crippen LogP contribution in [0.4, 0.5) is 21.9 Å². The number of carbonyl (C=O) groups excluding carboxylic acids is 1. The largest absolute Gasteiger partial charge is 0.370 e. The van der Waals surface area contributed by atoms with Crippen molar-refractivity contribution in [3.05, 3.63) is 53.6 Å². The van der Waals surface area contributed by atoms with Crippen molar-refractivity contribution in [2.75, 3.05) is 68.5 Å². The van der Waals surface area contributed by atoms with Gasteiger partial charge in [0.1, 0.15) is 0 Å². The Labute approximate surface area is 186 Å². The number of piperazine rings is 1. The molecule has 4 rings (SSSR count). The molecule has 2 aliphatic rings. The third kappa shape index (κ3) is 4.79. The molecule has 1 unspecified atom stereocenters. The molecule has 0 spiro atoms. The molecule has 0 aliphatic carbocycles. The summed E-state index contributed by atoms with van der Waals surface area (Å²) in [6.45, 7) is 9.65. The molecule has 6 nitrogen and oxygen atoms in total. The fourth-order valence-corrected chi connectivity index (χ4v) is 4.79. The average molecular weight is 422 g/mol. The van der Waals surface area contributed by atoms with E-state index in [-0.39, 0.29) is 6.03 Å². The Morgan fingerprint density at radius 1 is 0.903 bits per heavy atom. The Morgan fingerprint density at radius 2 is 1.55 bits per heavy atom. The predicted molar refractivity (Wildman–Crippen MR) is 129 cm³/mol. The second kappa shape index (κ2) is 9.18. The average Bonchev–Trinajstić information content (AvgIpc) is 3.25. The molecule has 2 fully saturated rings. The van der Waals surface area contributed by atoms with Gasteiger partial charge >= 0.3 is 6.03 Å². The van der Waals surface area contributed by atoms with Gasteiger partial charge < -0.3 is 24.9 Å². The maximum atomic E-state index is 12.8. The van der Waals surface area contributed by atoms with Crippen molar-refractivity contribution >= 4 is 23.1 Å². The van der Waals surface area contributed by atoms with Gasteiger partial charge in [0.25, 0.3) is 0 Å². The molecule has 0 bridgehead atoms. The van der Waals surface area contributed by atoms with E-state index in [2.05, 4.69) is 78.3 Å². The minimum atomic E-state index is -0.0113. The van der Waals surface area contributed by atoms with Crippen LogP contribution < -0.4 is 15.1 Å². The van der Waals surface area contributed by atoms with Crippen molar-refractivity contribution in [3.8, 4) is 0 Å². The minimum Gasteiger partial charge on any atom is -0.370 e. The number of carbonyl (C=O) groups is 1. The predicted octanol–water partition coefficient (Wildman–Crippen LogP) is 3.80. The highest BCUT2D eigenvalue weighted by Crippen LogP contribution is 2.26. The summed E-state index contributed by atoms with van der Waals surface area (Å²) in [4.78, 5) is 21.8. The molecule has 2 aliphatic heterocycles. The van der Waals surface area contributed by atoms with Crippen molar-refractivity contribution in [1.82, 2.24) is 9.80 Å². The van der Waals surface area contributed by atoms with E-state index in [1.54, 1.807) is 0 Å². The van der Waals surface area contributed by atoms with E-state index in [0.29, 0.717) is 6.04 Å². The first-order valence-corrected chi connectivity index (χ1v) is 11.3. The zero-order chi connectivity index (χ0) is 22.0. The van der Waals surface area contributed by atoms with Gasteiger partial charge in [-0.2, -0.15) is 0 Å². The SMILES string of the molecule is Cc1cccc(C)c1N1CCN(C(=O)Nc2ccc(N3CCC(N(C)C)C3)cc2)CC1. The number of para-hydroxylation sites is 1. The highest BCUT2D eigenvalue weighted by atomic mass is 16.2. The van der Waals surface area contributed by atoms with Crippen LogP contribution in [0.15, 0.2) is 42.5 Å². The highest BCUT2D eigenvalue weighted by Gasteiger charge is 2.25. The normalized spacial score (nSPS) is 19.3. The summed E-state index contributed by atoms with van der Waals surface area (Å²) >= 11 is 0. The van der Waals surface area contributed by atoms with Gasteiger partial charge in [0.15, 0.2) is 0 Å². The van der Waals surface area contributed by atoms with Gasteiger partial charge in [0.05, 0.1) is 0 Å². The zero-order valence-corrected chi connectivity index (χ0v) is 19.3. The lowest BCUT2D eigenvalue weighted by Gasteiger charge is -2.37. The maximum absolute atomic E-state index is 12.8. The van der Waals surface area contributed by atoms with Crippen LogP contribution in [0.25, 0.3) is 0 Å². The molecule has 1 atom stereocenters. The lowest BCUT2D eigenvalue weighted by Crippen LogP contribution is -2.50. The standard InChI is InChI=1S/C25H35N5O/c1-19-6-5-7-20(2)24(19)28-14-16-29(17-15-28)25(31)26-21-8-10-22(11-9-21)30-13-12-23(18-30)27(3)4/h5-11,23H,12-18H2,1-4H3,(H,26,31). The van der Waals surface area contributed by atoms with Gasteiger partial charge in [0, 0.05) is 62.4 Å². The fourth-order valence-electron chi connectivity index (χ4n) is 4.79. The second-order valence-corrected chi connectivity index (χ2v) is 9.04. The molecule has 0 radical (unpaired) electrons. The summed E-state index contributed by atoms with van der Waals surface area (Å²) in [5.41, 5.74) is 6.00. The monoisotopic (exact) mass is 421 g/mol. The molecule has 31 heavy (non-hydrogen) atoms. The van der Waals surface area contributed by atoms with E-state index in [1.165, 1.54) is 28.9 Å². The quantitative estimate of drug-likeness (QED) is 0.816. The van der Waals surface area contributed by atoms with E-state index in [1.807, 2.05) is 17.0 Å². The Bertz CT molecular complexity index is 882. The smallest absolute Gasteiger partial charge is 0.321 e. The Morgan fingerprint density at radius 3 is 2.13 bits per heavy atom. The van der Waals surface area contributed by atoms with Crippen molar-refractivity contribution in [1.29, 1.82) is 0 Å². The van der Waals surface area contributed by atoms with Gasteiger partial charge in [0.2, 0.25) is 0 Å². The molecule has 6 heteroatoms. The van der Waals surface area contributed by atoms with Gasteiger partial charge in [-0.15, -0.1) is 0 Å². The van der Waals surface area contributed by atoms with Crippen LogP contribution in [-0.4, -0.2) is 75.2 Å². The van der Waals surface area contributed by atoms with Crippen LogP contribution in [0.1, 0.15) is 17.5 Å². The van der Waals surface area contributed by atoms with Crippen LogP contribution in [0.3, 0.4) is 0 Å². The number of likely N-dealkylation sites (N-methyl/N-ethyl adjacent to an activating group) is 1. The molecule has 2 saturated heterocycles. The summed E-state index contributed by atoms with van der Waals surface area (Å²) in [6.07, 6.45) is 1.19. The summed E-state index contributed by atoms with van der Waals surface area (Å²) in [6, 6.07) is 15.3. The number of hydrogen-bond acceptors (Lipinski definition) is 4. The third-order valence-electron chi connectivity index (χ3n) is 6.70. The molecule has 2 aromatic rings. The van der Waals surface area contributed by atoms with Crippen LogP contribution in [0.2, 0.25) is 0 Å². The van der Waals surface area contributed by atoms with Crippen LogP contribution >= 0.6 is 0 Å². The number of nitrogens with one attached hydrogen (secondary N) is 1. The fraction of sp³-hybridized carbons (Fsp3) is 0.480. The Kier molecular flexibility index (Phi) is 6.37. The Balaban J connectivity index is 1.30. The lowest BCUT2D eigenvalue weighted by molar-refractivity contribution is 0.208. The van der Waals surface area contributed by atoms with Crippen molar-refractivity contribution in [3.63, 3.8) is 0 Å². The number of aryl methyl sites for hydroxylation is 2. The van der Waals surface area contributed by atoms with Gasteiger partial charge in [-0.3, -0.25) is 0 Å². The molecule has 2 amide bonds. The summed E-state index contributed by atoms with van der Waals surface area (Å²) in [5.74, 6) is 0. The molecule has 1 N–H and O–H groups in total. The van der Waals surface area contributed by atoms with E-state index >= 15 is 0 Å². The van der Waals surface area contributed by atoms with Crippen molar-refractivity contribution in [2.45, 2.75) is 26.3 Å². The van der Waals surface area contributed by atoms with Crippen molar-refractivity contribution < 1.29 is 4.79 Å². The number of urea groups is 1. The van der Waals surface area contributed by atoms with E-state index < -0.39 is 0 Å². The number of amides is 2. The molecule has 0 saturated carbocycles. The summed E-state index contributed by atoms with van der Waals surface area (Å²) in [7, 11) is 4.30. The zero-order valence-electron chi connectivity index (χ0n) is 19.3. The number of benzene rings is 2. The number of nitrogens with zero attached hydrogens (tertiary/aromatic N) is 4. The highest BCUT2D eigenvalue weighted by molar-refractivity contribution is 5.89. The molecule has 2 aromatic carbocycles. The number of anilines is 3. The van der Waals surface area contributed by atoms with Crippen LogP contribution in [-0.2, 0) is 0 Å². The van der Waals surface area contributed by atoms with E-state index in [9.17, 15) is 4.79 Å². The van der Waals surface area contributed by atoms with Crippen LogP contribution in [0.5, 0.6) is 0 Å².